The van der Waals surface area contributed by atoms with Crippen LogP contribution in [-0.2, 0) is 22.4 Å². The average molecular weight is 321 g/mol. The quantitative estimate of drug-likeness (QED) is 0.728. The molecule has 3 heterocycles. The molecule has 2 aromatic heterocycles. The maximum absolute atomic E-state index is 12.1. The number of hydrogen-bond acceptors (Lipinski definition) is 4. The van der Waals surface area contributed by atoms with Gasteiger partial charge in [0.2, 0.25) is 0 Å². The summed E-state index contributed by atoms with van der Waals surface area (Å²) in [6, 6.07) is 13.9. The lowest BCUT2D eigenvalue weighted by Gasteiger charge is -2.30. The van der Waals surface area contributed by atoms with E-state index in [0.717, 1.165) is 28.7 Å². The fraction of sp³-hybridized carbons (Fsp3) is 0.263. The lowest BCUT2D eigenvalue weighted by Crippen LogP contribution is -2.45. The molecule has 0 saturated carbocycles. The van der Waals surface area contributed by atoms with Crippen LogP contribution in [0.25, 0.3) is 11.0 Å². The van der Waals surface area contributed by atoms with Crippen molar-refractivity contribution in [2.45, 2.75) is 24.9 Å². The normalized spacial score (nSPS) is 19.9. The van der Waals surface area contributed by atoms with E-state index < -0.39 is 0 Å². The summed E-state index contributed by atoms with van der Waals surface area (Å²) in [4.78, 5) is 20.0. The number of benzene rings is 1. The fourth-order valence-corrected chi connectivity index (χ4v) is 3.51. The second kappa shape index (κ2) is 6.09. The smallest absolute Gasteiger partial charge is 0.323 e. The Balaban J connectivity index is 1.76. The molecule has 0 aliphatic carbocycles. The van der Waals surface area contributed by atoms with Gasteiger partial charge in [-0.05, 0) is 29.7 Å². The summed E-state index contributed by atoms with van der Waals surface area (Å²) in [5.41, 5.74) is 4.37. The number of methoxy groups -OCH3 is 1. The van der Waals surface area contributed by atoms with Crippen LogP contribution in [0.4, 0.5) is 0 Å². The zero-order valence-corrected chi connectivity index (χ0v) is 13.5. The molecule has 3 aromatic rings. The molecule has 2 atom stereocenters. The second-order valence-corrected chi connectivity index (χ2v) is 6.11. The highest BCUT2D eigenvalue weighted by atomic mass is 16.5. The number of nitrogens with zero attached hydrogens (tertiary/aromatic N) is 1. The molecule has 0 bridgehead atoms. The van der Waals surface area contributed by atoms with Crippen LogP contribution in [0.2, 0.25) is 0 Å². The Morgan fingerprint density at radius 3 is 2.88 bits per heavy atom. The summed E-state index contributed by atoms with van der Waals surface area (Å²) in [7, 11) is 1.43. The van der Waals surface area contributed by atoms with Gasteiger partial charge in [-0.1, -0.05) is 30.3 Å². The van der Waals surface area contributed by atoms with E-state index >= 15 is 0 Å². The Morgan fingerprint density at radius 2 is 2.08 bits per heavy atom. The van der Waals surface area contributed by atoms with Crippen LogP contribution >= 0.6 is 0 Å². The third-order valence-electron chi connectivity index (χ3n) is 4.64. The first kappa shape index (κ1) is 14.9. The Morgan fingerprint density at radius 1 is 1.25 bits per heavy atom. The van der Waals surface area contributed by atoms with E-state index in [1.54, 1.807) is 6.20 Å². The van der Waals surface area contributed by atoms with Gasteiger partial charge in [-0.2, -0.15) is 0 Å². The maximum atomic E-state index is 12.1. The van der Waals surface area contributed by atoms with Gasteiger partial charge in [0.25, 0.3) is 0 Å². The van der Waals surface area contributed by atoms with Crippen molar-refractivity contribution in [3.05, 3.63) is 65.5 Å². The monoisotopic (exact) mass is 321 g/mol. The summed E-state index contributed by atoms with van der Waals surface area (Å²) < 4.78 is 4.96. The number of aromatic nitrogens is 2. The number of carbonyl (C=O) groups is 1. The predicted molar refractivity (Wildman–Crippen MR) is 91.6 cm³/mol. The molecule has 4 rings (SSSR count). The lowest BCUT2D eigenvalue weighted by molar-refractivity contribution is -0.143. The van der Waals surface area contributed by atoms with Crippen molar-refractivity contribution in [2.24, 2.45) is 0 Å². The number of aromatic amines is 1. The molecule has 1 aliphatic heterocycles. The molecule has 1 aromatic carbocycles. The van der Waals surface area contributed by atoms with Gasteiger partial charge in [0.1, 0.15) is 11.7 Å². The zero-order valence-electron chi connectivity index (χ0n) is 13.5. The van der Waals surface area contributed by atoms with E-state index in [9.17, 15) is 4.79 Å². The van der Waals surface area contributed by atoms with E-state index in [1.165, 1.54) is 12.7 Å². The molecular formula is C19H19N3O2. The largest absolute Gasteiger partial charge is 0.468 e. The van der Waals surface area contributed by atoms with Crippen LogP contribution in [0, 0.1) is 0 Å². The SMILES string of the molecule is COC(=O)C1Cc2c([nH]c3ncccc23)C(Cc2ccccc2)N1. The van der Waals surface area contributed by atoms with Crippen molar-refractivity contribution < 1.29 is 9.53 Å². The number of H-pyrrole nitrogens is 1. The number of pyridine rings is 1. The van der Waals surface area contributed by atoms with Crippen LogP contribution < -0.4 is 5.32 Å². The van der Waals surface area contributed by atoms with Gasteiger partial charge < -0.3 is 9.72 Å². The van der Waals surface area contributed by atoms with Gasteiger partial charge in [-0.3, -0.25) is 10.1 Å². The molecule has 0 amide bonds. The third-order valence-corrected chi connectivity index (χ3v) is 4.64. The third kappa shape index (κ3) is 2.57. The molecule has 5 heteroatoms. The zero-order chi connectivity index (χ0) is 16.5. The summed E-state index contributed by atoms with van der Waals surface area (Å²) in [6.07, 6.45) is 3.19. The molecule has 5 nitrogen and oxygen atoms in total. The molecular weight excluding hydrogens is 302 g/mol. The number of hydrogen-bond donors (Lipinski definition) is 2. The van der Waals surface area contributed by atoms with Crippen LogP contribution in [-0.4, -0.2) is 29.1 Å². The van der Waals surface area contributed by atoms with Gasteiger partial charge in [-0.15, -0.1) is 0 Å². The first-order chi connectivity index (χ1) is 11.8. The minimum atomic E-state index is -0.338. The standard InChI is InChI=1S/C19H19N3O2/c1-24-19(23)16-11-14-13-8-5-9-20-18(13)22-17(14)15(21-16)10-12-6-3-2-4-7-12/h2-9,15-16,21H,10-11H2,1H3,(H,20,22). The summed E-state index contributed by atoms with van der Waals surface area (Å²) >= 11 is 0. The van der Waals surface area contributed by atoms with Gasteiger partial charge in [0.05, 0.1) is 13.2 Å². The van der Waals surface area contributed by atoms with Crippen molar-refractivity contribution in [2.75, 3.05) is 7.11 Å². The molecule has 0 saturated heterocycles. The van der Waals surface area contributed by atoms with E-state index in [4.69, 9.17) is 4.74 Å². The Bertz CT molecular complexity index is 873. The van der Waals surface area contributed by atoms with E-state index in [0.29, 0.717) is 6.42 Å². The lowest BCUT2D eigenvalue weighted by atomic mass is 9.91. The molecule has 24 heavy (non-hydrogen) atoms. The Labute approximate surface area is 140 Å². The molecule has 2 unspecified atom stereocenters. The highest BCUT2D eigenvalue weighted by Crippen LogP contribution is 2.32. The van der Waals surface area contributed by atoms with Gasteiger partial charge in [0, 0.05) is 23.7 Å². The fourth-order valence-electron chi connectivity index (χ4n) is 3.51. The number of nitrogens with one attached hydrogen (secondary N) is 2. The molecule has 1 aliphatic rings. The number of rotatable bonds is 3. The second-order valence-electron chi connectivity index (χ2n) is 6.11. The number of esters is 1. The molecule has 0 spiro atoms. The summed E-state index contributed by atoms with van der Waals surface area (Å²) in [5, 5.41) is 4.52. The van der Waals surface area contributed by atoms with Crippen LogP contribution in [0.5, 0.6) is 0 Å². The minimum absolute atomic E-state index is 0.0226. The Kier molecular flexibility index (Phi) is 3.78. The van der Waals surface area contributed by atoms with Gasteiger partial charge >= 0.3 is 5.97 Å². The predicted octanol–water partition coefficient (Wildman–Crippen LogP) is 2.53. The topological polar surface area (TPSA) is 67.0 Å². The number of carbonyl (C=O) groups excluding carboxylic acids is 1. The van der Waals surface area contributed by atoms with Gasteiger partial charge in [0.15, 0.2) is 0 Å². The molecule has 0 fully saturated rings. The van der Waals surface area contributed by atoms with Crippen molar-refractivity contribution in [3.8, 4) is 0 Å². The molecule has 2 N–H and O–H groups in total. The summed E-state index contributed by atoms with van der Waals surface area (Å²) in [5.74, 6) is -0.225. The minimum Gasteiger partial charge on any atom is -0.468 e. The highest BCUT2D eigenvalue weighted by Gasteiger charge is 2.33. The van der Waals surface area contributed by atoms with Crippen LogP contribution in [0.15, 0.2) is 48.7 Å². The Hall–Kier alpha value is -2.66. The molecule has 122 valence electrons. The van der Waals surface area contributed by atoms with Gasteiger partial charge in [-0.25, -0.2) is 4.98 Å². The van der Waals surface area contributed by atoms with E-state index in [1.807, 2.05) is 24.3 Å². The van der Waals surface area contributed by atoms with Crippen molar-refractivity contribution in [1.82, 2.24) is 15.3 Å². The van der Waals surface area contributed by atoms with Crippen LogP contribution in [0.1, 0.15) is 22.9 Å². The number of fused-ring (bicyclic) bond motifs is 3. The average Bonchev–Trinajstić information content (AvgIpc) is 3.01. The van der Waals surface area contributed by atoms with E-state index in [2.05, 4.69) is 33.5 Å². The number of ether oxygens (including phenoxy) is 1. The summed E-state index contributed by atoms with van der Waals surface area (Å²) in [6.45, 7) is 0. The first-order valence-corrected chi connectivity index (χ1v) is 8.09. The van der Waals surface area contributed by atoms with Crippen molar-refractivity contribution in [1.29, 1.82) is 0 Å². The van der Waals surface area contributed by atoms with Crippen LogP contribution in [0.3, 0.4) is 0 Å². The highest BCUT2D eigenvalue weighted by molar-refractivity contribution is 5.84. The van der Waals surface area contributed by atoms with E-state index in [-0.39, 0.29) is 18.1 Å². The maximum Gasteiger partial charge on any atom is 0.323 e. The first-order valence-electron chi connectivity index (χ1n) is 8.09. The van der Waals surface area contributed by atoms with Crippen molar-refractivity contribution >= 4 is 17.0 Å². The molecule has 0 radical (unpaired) electrons. The van der Waals surface area contributed by atoms with Crippen molar-refractivity contribution in [3.63, 3.8) is 0 Å².